The Hall–Kier alpha value is -0.600. The third kappa shape index (κ3) is 3.69. The molecule has 1 saturated carbocycles. The van der Waals surface area contributed by atoms with Gasteiger partial charge in [-0.3, -0.25) is 0 Å². The Labute approximate surface area is 114 Å². The SMILES string of the molecule is CCCNC(CCc1cccc(F)c1Cl)C1CC1. The van der Waals surface area contributed by atoms with Crippen LogP contribution in [0.2, 0.25) is 5.02 Å². The molecule has 1 aromatic rings. The second-order valence-electron chi connectivity index (χ2n) is 5.15. The number of hydrogen-bond acceptors (Lipinski definition) is 1. The molecule has 0 aliphatic heterocycles. The van der Waals surface area contributed by atoms with Crippen LogP contribution in [0.25, 0.3) is 0 Å². The fraction of sp³-hybridized carbons (Fsp3) is 0.600. The molecular weight excluding hydrogens is 249 g/mol. The highest BCUT2D eigenvalue weighted by Crippen LogP contribution is 2.35. The largest absolute Gasteiger partial charge is 0.314 e. The Balaban J connectivity index is 1.90. The van der Waals surface area contributed by atoms with Crippen LogP contribution in [0.1, 0.15) is 38.2 Å². The normalized spacial score (nSPS) is 16.8. The molecule has 1 aliphatic rings. The van der Waals surface area contributed by atoms with Gasteiger partial charge in [0, 0.05) is 6.04 Å². The molecule has 1 atom stereocenters. The van der Waals surface area contributed by atoms with Crippen LogP contribution < -0.4 is 5.32 Å². The molecule has 1 nitrogen and oxygen atoms in total. The summed E-state index contributed by atoms with van der Waals surface area (Å²) in [7, 11) is 0. The molecule has 18 heavy (non-hydrogen) atoms. The molecule has 2 rings (SSSR count). The summed E-state index contributed by atoms with van der Waals surface area (Å²) >= 11 is 5.98. The molecule has 1 aromatic carbocycles. The van der Waals surface area contributed by atoms with Crippen molar-refractivity contribution in [1.29, 1.82) is 0 Å². The van der Waals surface area contributed by atoms with Crippen LogP contribution in [-0.4, -0.2) is 12.6 Å². The van der Waals surface area contributed by atoms with Crippen LogP contribution in [-0.2, 0) is 6.42 Å². The van der Waals surface area contributed by atoms with Crippen molar-refractivity contribution >= 4 is 11.6 Å². The van der Waals surface area contributed by atoms with Gasteiger partial charge in [0.25, 0.3) is 0 Å². The summed E-state index contributed by atoms with van der Waals surface area (Å²) in [4.78, 5) is 0. The molecule has 0 radical (unpaired) electrons. The molecule has 1 unspecified atom stereocenters. The van der Waals surface area contributed by atoms with Gasteiger partial charge in [-0.1, -0.05) is 30.7 Å². The smallest absolute Gasteiger partial charge is 0.142 e. The first-order valence-corrected chi connectivity index (χ1v) is 7.26. The third-order valence-electron chi connectivity index (χ3n) is 3.60. The maximum atomic E-state index is 13.3. The van der Waals surface area contributed by atoms with Crippen molar-refractivity contribution in [3.8, 4) is 0 Å². The lowest BCUT2D eigenvalue weighted by Gasteiger charge is -2.18. The van der Waals surface area contributed by atoms with E-state index in [1.165, 1.54) is 18.9 Å². The van der Waals surface area contributed by atoms with Crippen molar-refractivity contribution in [2.45, 2.75) is 45.1 Å². The van der Waals surface area contributed by atoms with Crippen LogP contribution in [0.5, 0.6) is 0 Å². The fourth-order valence-electron chi connectivity index (χ4n) is 2.39. The zero-order chi connectivity index (χ0) is 13.0. The monoisotopic (exact) mass is 269 g/mol. The first kappa shape index (κ1) is 13.8. The van der Waals surface area contributed by atoms with E-state index in [0.717, 1.165) is 37.3 Å². The Morgan fingerprint density at radius 1 is 1.44 bits per heavy atom. The fourth-order valence-corrected chi connectivity index (χ4v) is 2.61. The molecule has 3 heteroatoms. The molecule has 100 valence electrons. The minimum Gasteiger partial charge on any atom is -0.314 e. The summed E-state index contributed by atoms with van der Waals surface area (Å²) in [6.45, 7) is 3.25. The summed E-state index contributed by atoms with van der Waals surface area (Å²) in [6.07, 6.45) is 5.72. The minimum atomic E-state index is -0.307. The van der Waals surface area contributed by atoms with Crippen molar-refractivity contribution in [2.75, 3.05) is 6.54 Å². The van der Waals surface area contributed by atoms with Gasteiger partial charge in [0.2, 0.25) is 0 Å². The quantitative estimate of drug-likeness (QED) is 0.783. The Bertz CT molecular complexity index is 390. The van der Waals surface area contributed by atoms with Gasteiger partial charge in [-0.2, -0.15) is 0 Å². The van der Waals surface area contributed by atoms with Crippen LogP contribution in [0.3, 0.4) is 0 Å². The number of halogens is 2. The van der Waals surface area contributed by atoms with E-state index in [0.29, 0.717) is 11.1 Å². The van der Waals surface area contributed by atoms with Gasteiger partial charge in [0.05, 0.1) is 5.02 Å². The lowest BCUT2D eigenvalue weighted by atomic mass is 10.0. The first-order chi connectivity index (χ1) is 8.72. The number of nitrogens with one attached hydrogen (secondary N) is 1. The van der Waals surface area contributed by atoms with Gasteiger partial charge in [0.15, 0.2) is 0 Å². The molecule has 0 heterocycles. The van der Waals surface area contributed by atoms with E-state index >= 15 is 0 Å². The van der Waals surface area contributed by atoms with E-state index in [1.807, 2.05) is 6.07 Å². The van der Waals surface area contributed by atoms with E-state index in [2.05, 4.69) is 12.2 Å². The second-order valence-corrected chi connectivity index (χ2v) is 5.53. The number of aryl methyl sites for hydroxylation is 1. The second kappa shape index (κ2) is 6.53. The van der Waals surface area contributed by atoms with E-state index in [9.17, 15) is 4.39 Å². The Morgan fingerprint density at radius 2 is 2.22 bits per heavy atom. The van der Waals surface area contributed by atoms with Crippen molar-refractivity contribution < 1.29 is 4.39 Å². The maximum Gasteiger partial charge on any atom is 0.142 e. The van der Waals surface area contributed by atoms with Gasteiger partial charge in [0.1, 0.15) is 5.82 Å². The standard InChI is InChI=1S/C15H21ClFN/c1-2-10-18-14(11-6-7-11)9-8-12-4-3-5-13(17)15(12)16/h3-5,11,14,18H,2,6-10H2,1H3. The zero-order valence-electron chi connectivity index (χ0n) is 10.9. The molecule has 0 spiro atoms. The van der Waals surface area contributed by atoms with E-state index in [1.54, 1.807) is 6.07 Å². The van der Waals surface area contributed by atoms with Crippen LogP contribution in [0.4, 0.5) is 4.39 Å². The van der Waals surface area contributed by atoms with Crippen molar-refractivity contribution in [1.82, 2.24) is 5.32 Å². The highest BCUT2D eigenvalue weighted by Gasteiger charge is 2.30. The summed E-state index contributed by atoms with van der Waals surface area (Å²) in [6, 6.07) is 5.65. The average Bonchev–Trinajstić information content (AvgIpc) is 3.18. The number of hydrogen-bond donors (Lipinski definition) is 1. The molecule has 0 amide bonds. The van der Waals surface area contributed by atoms with Crippen LogP contribution >= 0.6 is 11.6 Å². The Morgan fingerprint density at radius 3 is 2.89 bits per heavy atom. The molecule has 1 N–H and O–H groups in total. The lowest BCUT2D eigenvalue weighted by molar-refractivity contribution is 0.435. The van der Waals surface area contributed by atoms with Gasteiger partial charge < -0.3 is 5.32 Å². The van der Waals surface area contributed by atoms with E-state index in [4.69, 9.17) is 11.6 Å². The zero-order valence-corrected chi connectivity index (χ0v) is 11.6. The summed E-state index contributed by atoms with van der Waals surface area (Å²) in [5, 5.41) is 3.89. The molecule has 0 bridgehead atoms. The van der Waals surface area contributed by atoms with Gasteiger partial charge >= 0.3 is 0 Å². The van der Waals surface area contributed by atoms with Gasteiger partial charge in [-0.15, -0.1) is 0 Å². The van der Waals surface area contributed by atoms with E-state index in [-0.39, 0.29) is 5.82 Å². The van der Waals surface area contributed by atoms with Crippen molar-refractivity contribution in [2.24, 2.45) is 5.92 Å². The highest BCUT2D eigenvalue weighted by atomic mass is 35.5. The van der Waals surface area contributed by atoms with Crippen molar-refractivity contribution in [3.05, 3.63) is 34.6 Å². The lowest BCUT2D eigenvalue weighted by Crippen LogP contribution is -2.32. The average molecular weight is 270 g/mol. The molecule has 0 aromatic heterocycles. The minimum absolute atomic E-state index is 0.294. The van der Waals surface area contributed by atoms with Crippen LogP contribution in [0.15, 0.2) is 18.2 Å². The number of rotatable bonds is 7. The molecular formula is C15H21ClFN. The summed E-state index contributed by atoms with van der Waals surface area (Å²) in [5.74, 6) is 0.516. The molecule has 1 aliphatic carbocycles. The van der Waals surface area contributed by atoms with Crippen LogP contribution in [0, 0.1) is 11.7 Å². The maximum absolute atomic E-state index is 13.3. The Kier molecular flexibility index (Phi) is 5.02. The molecule has 1 fully saturated rings. The van der Waals surface area contributed by atoms with E-state index < -0.39 is 0 Å². The number of benzene rings is 1. The topological polar surface area (TPSA) is 12.0 Å². The first-order valence-electron chi connectivity index (χ1n) is 6.88. The third-order valence-corrected chi connectivity index (χ3v) is 4.03. The van der Waals surface area contributed by atoms with Gasteiger partial charge in [-0.05, 0) is 56.2 Å². The summed E-state index contributed by atoms with van der Waals surface area (Å²) < 4.78 is 13.3. The van der Waals surface area contributed by atoms with Crippen molar-refractivity contribution in [3.63, 3.8) is 0 Å². The molecule has 0 saturated heterocycles. The summed E-state index contributed by atoms with van der Waals surface area (Å²) in [5.41, 5.74) is 0.931. The predicted molar refractivity (Wildman–Crippen MR) is 74.5 cm³/mol. The highest BCUT2D eigenvalue weighted by molar-refractivity contribution is 6.31. The predicted octanol–water partition coefficient (Wildman–Crippen LogP) is 4.19. The van der Waals surface area contributed by atoms with Gasteiger partial charge in [-0.25, -0.2) is 4.39 Å².